The van der Waals surface area contributed by atoms with E-state index in [1.165, 1.54) is 118 Å². The number of nitro groups is 3. The van der Waals surface area contributed by atoms with E-state index in [4.69, 9.17) is 36.7 Å². The number of unbranched alkanes of at least 4 members (excludes halogenated alkanes) is 4. The number of non-ortho nitro benzene ring substituents is 3. The number of quaternary nitrogens is 1. The molecule has 0 radical (unpaired) electrons. The summed E-state index contributed by atoms with van der Waals surface area (Å²) in [6.45, 7) is 18.2. The average Bonchev–Trinajstić information content (AvgIpc) is 3.31. The number of nitrogens with zero attached hydrogens (tertiary/aromatic N) is 5. The molecule has 0 aliphatic carbocycles. The van der Waals surface area contributed by atoms with Crippen LogP contribution in [0.2, 0.25) is 0 Å². The normalized spacial score (nSPS) is 10.4. The Hall–Kier alpha value is -4.92. The van der Waals surface area contributed by atoms with Crippen LogP contribution in [0.15, 0.2) is 72.8 Å². The molecule has 19 nitrogen and oxygen atoms in total. The van der Waals surface area contributed by atoms with Gasteiger partial charge in [0.1, 0.15) is 0 Å². The van der Waals surface area contributed by atoms with Gasteiger partial charge < -0.3 is 41.1 Å². The summed E-state index contributed by atoms with van der Waals surface area (Å²) < 4.78 is 20.5. The van der Waals surface area contributed by atoms with Crippen LogP contribution in [0.3, 0.4) is 0 Å². The molecule has 406 valence electrons. The topological polar surface area (TPSA) is 239 Å². The summed E-state index contributed by atoms with van der Waals surface area (Å²) in [5.41, 5.74) is 1.76. The van der Waals surface area contributed by atoms with Gasteiger partial charge in [0, 0.05) is 139 Å². The van der Waals surface area contributed by atoms with Gasteiger partial charge in [-0.05, 0) is 98.7 Å². The van der Waals surface area contributed by atoms with Gasteiger partial charge >= 0.3 is 0 Å². The molecule has 0 spiro atoms. The zero-order chi connectivity index (χ0) is 53.6. The highest BCUT2D eigenvalue weighted by Crippen LogP contribution is 2.19. The Morgan fingerprint density at radius 1 is 0.486 bits per heavy atom. The molecule has 25 heteroatoms. The minimum absolute atomic E-state index is 0. The first-order valence-corrected chi connectivity index (χ1v) is 28.8. The van der Waals surface area contributed by atoms with Gasteiger partial charge in [-0.25, -0.2) is 0 Å². The van der Waals surface area contributed by atoms with E-state index in [0.717, 1.165) is 0 Å². The maximum Gasteiger partial charge on any atom is 0.269 e. The van der Waals surface area contributed by atoms with E-state index < -0.39 is 36.4 Å². The molecule has 0 aromatic heterocycles. The third-order valence-corrected chi connectivity index (χ3v) is 10.8. The average molecular weight is 1100 g/mol. The first-order chi connectivity index (χ1) is 33.7. The standard InChI is InChI=1S/C27H30N10O6S3.C16H36N.2C2H6OS.FH/c38-35(39)22-7-1-19(2-8-22)31-25(44)28-13-16-34(17-14-29-26(45)32-20-3-9-23(10-4-20)36(40)41)18-15-30-27(46)33-21-5-11-24(12-6-21)37(42)43;1-5-9-13-17(14-10-6-2,15-11-7-3)16-12-8-4;2*1-4(2)3;/h1-12H,13-18H2,(H2,28,31,44)(H2,29,32,45)(H2,30,33,46);5-16H2,1-4H3;2*1-2H3;1H/q;+1;;;/p-1. The molecular formula is C47H78FN11O8S5. The Morgan fingerprint density at radius 2 is 0.694 bits per heavy atom. The van der Waals surface area contributed by atoms with Crippen molar-refractivity contribution in [1.29, 1.82) is 0 Å². The zero-order valence-electron chi connectivity index (χ0n) is 43.1. The Bertz CT molecular complexity index is 1840. The Labute approximate surface area is 447 Å². The van der Waals surface area contributed by atoms with Crippen LogP contribution in [-0.4, -0.2) is 138 Å². The number of rotatable bonds is 27. The van der Waals surface area contributed by atoms with Crippen LogP contribution in [0.25, 0.3) is 0 Å². The second-order valence-corrected chi connectivity index (χ2v) is 20.7. The zero-order valence-corrected chi connectivity index (χ0v) is 47.2. The van der Waals surface area contributed by atoms with Crippen LogP contribution in [0.1, 0.15) is 79.1 Å². The van der Waals surface area contributed by atoms with Crippen molar-refractivity contribution in [3.63, 3.8) is 0 Å². The molecule has 0 saturated heterocycles. The molecule has 0 aliphatic rings. The molecule has 0 aliphatic heterocycles. The molecule has 72 heavy (non-hydrogen) atoms. The van der Waals surface area contributed by atoms with Gasteiger partial charge in [0.15, 0.2) is 15.3 Å². The van der Waals surface area contributed by atoms with Crippen molar-refractivity contribution in [3.05, 3.63) is 103 Å². The lowest BCUT2D eigenvalue weighted by Crippen LogP contribution is -3.00. The van der Waals surface area contributed by atoms with Gasteiger partial charge in [-0.1, -0.05) is 53.4 Å². The largest absolute Gasteiger partial charge is 1.00 e. The minimum atomic E-state index is -0.611. The maximum atomic E-state index is 10.9. The second kappa shape index (κ2) is 41.5. The fourth-order valence-corrected chi connectivity index (χ4v) is 7.15. The van der Waals surface area contributed by atoms with E-state index >= 15 is 0 Å². The molecule has 3 rings (SSSR count). The van der Waals surface area contributed by atoms with Crippen molar-refractivity contribution in [1.82, 2.24) is 20.9 Å². The number of hydrogen-bond donors (Lipinski definition) is 6. The number of benzene rings is 3. The number of thiocarbonyl (C=S) groups is 3. The smallest absolute Gasteiger partial charge is 0.269 e. The highest BCUT2D eigenvalue weighted by atomic mass is 32.2. The van der Waals surface area contributed by atoms with Crippen LogP contribution in [0, 0.1) is 30.3 Å². The van der Waals surface area contributed by atoms with E-state index in [1.54, 1.807) is 61.4 Å². The molecule has 3 aromatic rings. The molecule has 0 bridgehead atoms. The van der Waals surface area contributed by atoms with Crippen LogP contribution in [0.4, 0.5) is 34.1 Å². The highest BCUT2D eigenvalue weighted by molar-refractivity contribution is 7.83. The fraction of sp³-hybridized carbons (Fsp3) is 0.553. The molecule has 0 unspecified atom stereocenters. The Morgan fingerprint density at radius 3 is 0.875 bits per heavy atom. The highest BCUT2D eigenvalue weighted by Gasteiger charge is 2.24. The summed E-state index contributed by atoms with van der Waals surface area (Å²) in [7, 11) is -1.22. The summed E-state index contributed by atoms with van der Waals surface area (Å²) in [5.74, 6) is 0. The third-order valence-electron chi connectivity index (χ3n) is 10.1. The van der Waals surface area contributed by atoms with Gasteiger partial charge in [0.2, 0.25) is 0 Å². The second-order valence-electron chi connectivity index (χ2n) is 16.5. The van der Waals surface area contributed by atoms with Gasteiger partial charge in [-0.3, -0.25) is 43.7 Å². The Kier molecular flexibility index (Phi) is 39.9. The van der Waals surface area contributed by atoms with Crippen LogP contribution in [0.5, 0.6) is 0 Å². The van der Waals surface area contributed by atoms with Gasteiger partial charge in [-0.15, -0.1) is 0 Å². The van der Waals surface area contributed by atoms with Crippen LogP contribution in [-0.2, 0) is 21.6 Å². The van der Waals surface area contributed by atoms with Crippen molar-refractivity contribution in [2.45, 2.75) is 79.1 Å². The van der Waals surface area contributed by atoms with Crippen molar-refractivity contribution in [3.8, 4) is 0 Å². The van der Waals surface area contributed by atoms with Gasteiger partial charge in [0.25, 0.3) is 17.1 Å². The molecule has 0 saturated carbocycles. The SMILES string of the molecule is CCCC[N+](CCCC)(CCCC)CCCC.CS(C)=O.CS(C)=O.O=[N+]([O-])c1ccc(NC(=S)NCCN(CCNC(=S)Nc2ccc([N+](=O)[O-])cc2)CCNC(=S)Nc2ccc([N+](=O)[O-])cc2)cc1.[F-]. The summed E-state index contributed by atoms with van der Waals surface area (Å²) in [6.07, 6.45) is 17.6. The molecular weight excluding hydrogens is 1030 g/mol. The van der Waals surface area contributed by atoms with E-state index in [0.29, 0.717) is 71.7 Å². The van der Waals surface area contributed by atoms with E-state index in [2.05, 4.69) is 64.5 Å². The van der Waals surface area contributed by atoms with Gasteiger partial charge in [0.05, 0.1) is 40.9 Å². The lowest BCUT2D eigenvalue weighted by Gasteiger charge is -2.39. The number of hydrogen-bond acceptors (Lipinski definition) is 12. The summed E-state index contributed by atoms with van der Waals surface area (Å²) in [6, 6.07) is 17.7. The molecule has 0 fully saturated rings. The molecule has 6 N–H and O–H groups in total. The number of nitrogens with one attached hydrogen (secondary N) is 6. The molecule has 0 atom stereocenters. The summed E-state index contributed by atoms with van der Waals surface area (Å²) in [5, 5.41) is 52.0. The molecule has 0 heterocycles. The van der Waals surface area contributed by atoms with Crippen molar-refractivity contribution in [2.75, 3.05) is 106 Å². The predicted molar refractivity (Wildman–Crippen MR) is 308 cm³/mol. The van der Waals surface area contributed by atoms with Crippen molar-refractivity contribution >= 4 is 108 Å². The van der Waals surface area contributed by atoms with Crippen LogP contribution < -0.4 is 36.6 Å². The number of halogens is 1. The lowest BCUT2D eigenvalue weighted by atomic mass is 10.1. The quantitative estimate of drug-likeness (QED) is 0.0223. The molecule has 0 amide bonds. The van der Waals surface area contributed by atoms with Crippen LogP contribution >= 0.6 is 36.7 Å². The fourth-order valence-electron chi connectivity index (χ4n) is 6.49. The maximum absolute atomic E-state index is 10.9. The predicted octanol–water partition coefficient (Wildman–Crippen LogP) is 5.97. The van der Waals surface area contributed by atoms with Crippen molar-refractivity contribution < 1.29 is 32.4 Å². The summed E-state index contributed by atoms with van der Waals surface area (Å²) >= 11 is 16.1. The number of anilines is 3. The third kappa shape index (κ3) is 35.2. The number of nitro benzene ring substituents is 3. The monoisotopic (exact) mass is 1100 g/mol. The van der Waals surface area contributed by atoms with E-state index in [1.807, 2.05) is 0 Å². The van der Waals surface area contributed by atoms with Gasteiger partial charge in [-0.2, -0.15) is 0 Å². The van der Waals surface area contributed by atoms with E-state index in [-0.39, 0.29) is 21.8 Å². The minimum Gasteiger partial charge on any atom is -1.00 e. The lowest BCUT2D eigenvalue weighted by molar-refractivity contribution is -0.929. The first-order valence-electron chi connectivity index (χ1n) is 23.7. The molecule has 3 aromatic carbocycles. The first kappa shape index (κ1) is 69.2. The Balaban J connectivity index is 0. The summed E-state index contributed by atoms with van der Waals surface area (Å²) in [4.78, 5) is 33.3. The van der Waals surface area contributed by atoms with Crippen molar-refractivity contribution in [2.24, 2.45) is 0 Å². The van der Waals surface area contributed by atoms with E-state index in [9.17, 15) is 38.8 Å².